The van der Waals surface area contributed by atoms with Crippen molar-refractivity contribution >= 4 is 12.0 Å². The molecule has 1 aliphatic rings. The van der Waals surface area contributed by atoms with E-state index < -0.39 is 6.09 Å². The lowest BCUT2D eigenvalue weighted by Crippen LogP contribution is -2.45. The van der Waals surface area contributed by atoms with Crippen LogP contribution in [0.1, 0.15) is 6.42 Å². The number of likely N-dealkylation sites (tertiary alicyclic amines) is 1. The van der Waals surface area contributed by atoms with Crippen molar-refractivity contribution in [2.45, 2.75) is 6.42 Å². The van der Waals surface area contributed by atoms with Crippen molar-refractivity contribution in [3.05, 3.63) is 0 Å². The van der Waals surface area contributed by atoms with Crippen molar-refractivity contribution < 1.29 is 14.3 Å². The predicted molar refractivity (Wildman–Crippen MR) is 41.6 cm³/mol. The van der Waals surface area contributed by atoms with Gasteiger partial charge in [-0.15, -0.1) is 0 Å². The fraction of sp³-hybridized carbons (Fsp3) is 0.714. The first-order valence-electron chi connectivity index (χ1n) is 3.82. The molecule has 0 atom stereocenters. The molecule has 0 bridgehead atoms. The summed E-state index contributed by atoms with van der Waals surface area (Å²) in [6, 6.07) is 0. The molecule has 0 aromatic heterocycles. The van der Waals surface area contributed by atoms with E-state index >= 15 is 0 Å². The van der Waals surface area contributed by atoms with Gasteiger partial charge in [-0.1, -0.05) is 0 Å². The number of alkyl carbamates (subject to hydrolysis) is 1. The van der Waals surface area contributed by atoms with Crippen LogP contribution in [-0.2, 0) is 9.53 Å². The molecule has 1 saturated heterocycles. The Kier molecular flexibility index (Phi) is 3.04. The second-order valence-electron chi connectivity index (χ2n) is 2.67. The zero-order valence-electron chi connectivity index (χ0n) is 7.00. The Morgan fingerprint density at radius 3 is 2.58 bits per heavy atom. The Morgan fingerprint density at radius 2 is 2.17 bits per heavy atom. The standard InChI is InChI=1S/C7H12N2O3/c1-12-7(11)8-6(10)5-9-3-2-4-9/h2-5H2,1H3,(H,8,10,11). The van der Waals surface area contributed by atoms with Crippen molar-refractivity contribution in [2.75, 3.05) is 26.7 Å². The lowest BCUT2D eigenvalue weighted by atomic mass is 10.2. The second-order valence-corrected chi connectivity index (χ2v) is 2.67. The summed E-state index contributed by atoms with van der Waals surface area (Å²) in [5, 5.41) is 2.09. The van der Waals surface area contributed by atoms with Crippen LogP contribution in [0.15, 0.2) is 0 Å². The number of hydrogen-bond donors (Lipinski definition) is 1. The van der Waals surface area contributed by atoms with Crippen molar-refractivity contribution in [3.8, 4) is 0 Å². The molecule has 12 heavy (non-hydrogen) atoms. The van der Waals surface area contributed by atoms with Gasteiger partial charge < -0.3 is 4.74 Å². The number of nitrogens with zero attached hydrogens (tertiary/aromatic N) is 1. The maximum Gasteiger partial charge on any atom is 0.413 e. The first-order valence-corrected chi connectivity index (χ1v) is 3.82. The fourth-order valence-corrected chi connectivity index (χ4v) is 0.947. The van der Waals surface area contributed by atoms with Crippen LogP contribution in [0.3, 0.4) is 0 Å². The summed E-state index contributed by atoms with van der Waals surface area (Å²) in [7, 11) is 1.23. The van der Waals surface area contributed by atoms with E-state index in [4.69, 9.17) is 0 Å². The first kappa shape index (κ1) is 8.99. The Hall–Kier alpha value is -1.10. The molecule has 0 aromatic carbocycles. The molecule has 2 amide bonds. The van der Waals surface area contributed by atoms with Crippen LogP contribution in [-0.4, -0.2) is 43.6 Å². The number of carbonyl (C=O) groups excluding carboxylic acids is 2. The summed E-state index contributed by atoms with van der Waals surface area (Å²) in [4.78, 5) is 23.5. The summed E-state index contributed by atoms with van der Waals surface area (Å²) in [5.41, 5.74) is 0. The number of carbonyl (C=O) groups is 2. The molecule has 1 rings (SSSR count). The van der Waals surface area contributed by atoms with Gasteiger partial charge in [-0.05, 0) is 19.5 Å². The first-order chi connectivity index (χ1) is 5.72. The zero-order valence-corrected chi connectivity index (χ0v) is 7.00. The molecule has 0 spiro atoms. The number of nitrogens with one attached hydrogen (secondary N) is 1. The van der Waals surface area contributed by atoms with Crippen molar-refractivity contribution in [1.29, 1.82) is 0 Å². The van der Waals surface area contributed by atoms with E-state index in [0.29, 0.717) is 0 Å². The molecular weight excluding hydrogens is 160 g/mol. The topological polar surface area (TPSA) is 58.6 Å². The lowest BCUT2D eigenvalue weighted by molar-refractivity contribution is -0.122. The predicted octanol–water partition coefficient (Wildman–Crippen LogP) is -0.425. The van der Waals surface area contributed by atoms with Crippen LogP contribution in [0.4, 0.5) is 4.79 Å². The van der Waals surface area contributed by atoms with Gasteiger partial charge in [-0.2, -0.15) is 0 Å². The summed E-state index contributed by atoms with van der Waals surface area (Å²) >= 11 is 0. The molecule has 68 valence electrons. The maximum atomic E-state index is 11.0. The van der Waals surface area contributed by atoms with Crippen molar-refractivity contribution in [3.63, 3.8) is 0 Å². The molecular formula is C7H12N2O3. The highest BCUT2D eigenvalue weighted by Crippen LogP contribution is 2.03. The summed E-state index contributed by atoms with van der Waals surface area (Å²) in [6.45, 7) is 2.16. The number of amides is 2. The van der Waals surface area contributed by atoms with Gasteiger partial charge in [0.25, 0.3) is 0 Å². The lowest BCUT2D eigenvalue weighted by Gasteiger charge is -2.29. The SMILES string of the molecule is COC(=O)NC(=O)CN1CCC1. The highest BCUT2D eigenvalue weighted by molar-refractivity contribution is 5.92. The average Bonchev–Trinajstić information content (AvgIpc) is 1.97. The number of rotatable bonds is 2. The Labute approximate surface area is 70.7 Å². The molecule has 1 aliphatic heterocycles. The third kappa shape index (κ3) is 2.50. The summed E-state index contributed by atoms with van der Waals surface area (Å²) < 4.78 is 4.26. The number of imide groups is 1. The molecule has 0 radical (unpaired) electrons. The van der Waals surface area contributed by atoms with Gasteiger partial charge in [-0.3, -0.25) is 15.0 Å². The Balaban J connectivity index is 2.14. The highest BCUT2D eigenvalue weighted by atomic mass is 16.5. The van der Waals surface area contributed by atoms with Gasteiger partial charge in [0.15, 0.2) is 0 Å². The smallest absolute Gasteiger partial charge is 0.413 e. The van der Waals surface area contributed by atoms with Crippen LogP contribution < -0.4 is 5.32 Å². The van der Waals surface area contributed by atoms with Gasteiger partial charge in [0.1, 0.15) is 0 Å². The number of methoxy groups -OCH3 is 1. The van der Waals surface area contributed by atoms with Crippen molar-refractivity contribution in [2.24, 2.45) is 0 Å². The molecule has 1 fully saturated rings. The average molecular weight is 172 g/mol. The van der Waals surface area contributed by atoms with E-state index in [1.165, 1.54) is 7.11 Å². The number of ether oxygens (including phenoxy) is 1. The minimum absolute atomic E-state index is 0.287. The van der Waals surface area contributed by atoms with E-state index in [1.807, 2.05) is 4.90 Å². The third-order valence-electron chi connectivity index (χ3n) is 1.74. The molecule has 1 heterocycles. The highest BCUT2D eigenvalue weighted by Gasteiger charge is 2.18. The van der Waals surface area contributed by atoms with Crippen LogP contribution in [0, 0.1) is 0 Å². The van der Waals surface area contributed by atoms with E-state index in [1.54, 1.807) is 0 Å². The monoisotopic (exact) mass is 172 g/mol. The summed E-state index contributed by atoms with van der Waals surface area (Å²) in [6.07, 6.45) is 0.437. The molecule has 0 aliphatic carbocycles. The molecule has 0 aromatic rings. The van der Waals surface area contributed by atoms with Gasteiger partial charge in [0.2, 0.25) is 5.91 Å². The van der Waals surface area contributed by atoms with Gasteiger partial charge in [0, 0.05) is 0 Å². The van der Waals surface area contributed by atoms with E-state index in [2.05, 4.69) is 10.1 Å². The van der Waals surface area contributed by atoms with E-state index in [-0.39, 0.29) is 12.5 Å². The number of hydrogen-bond acceptors (Lipinski definition) is 4. The van der Waals surface area contributed by atoms with Gasteiger partial charge >= 0.3 is 6.09 Å². The van der Waals surface area contributed by atoms with Crippen LogP contribution in [0.2, 0.25) is 0 Å². The minimum Gasteiger partial charge on any atom is -0.453 e. The van der Waals surface area contributed by atoms with Crippen LogP contribution in [0.25, 0.3) is 0 Å². The Morgan fingerprint density at radius 1 is 1.50 bits per heavy atom. The van der Waals surface area contributed by atoms with Crippen LogP contribution >= 0.6 is 0 Å². The maximum absolute atomic E-state index is 11.0. The van der Waals surface area contributed by atoms with Crippen LogP contribution in [0.5, 0.6) is 0 Å². The normalized spacial score (nSPS) is 16.4. The van der Waals surface area contributed by atoms with Gasteiger partial charge in [-0.25, -0.2) is 4.79 Å². The minimum atomic E-state index is -0.694. The quantitative estimate of drug-likeness (QED) is 0.614. The Bertz CT molecular complexity index is 189. The fourth-order valence-electron chi connectivity index (χ4n) is 0.947. The third-order valence-corrected chi connectivity index (χ3v) is 1.74. The summed E-state index contributed by atoms with van der Waals surface area (Å²) in [5.74, 6) is -0.304. The van der Waals surface area contributed by atoms with E-state index in [0.717, 1.165) is 19.5 Å². The largest absolute Gasteiger partial charge is 0.453 e. The van der Waals surface area contributed by atoms with E-state index in [9.17, 15) is 9.59 Å². The zero-order chi connectivity index (χ0) is 8.97. The second kappa shape index (κ2) is 4.06. The molecule has 0 unspecified atom stereocenters. The molecule has 5 heteroatoms. The molecule has 5 nitrogen and oxygen atoms in total. The molecule has 0 saturated carbocycles. The van der Waals surface area contributed by atoms with Crippen molar-refractivity contribution in [1.82, 2.24) is 10.2 Å². The molecule has 1 N–H and O–H groups in total. The van der Waals surface area contributed by atoms with Gasteiger partial charge in [0.05, 0.1) is 13.7 Å².